The highest BCUT2D eigenvalue weighted by Gasteiger charge is 2.09. The Morgan fingerprint density at radius 1 is 1.00 bits per heavy atom. The van der Waals surface area contributed by atoms with Crippen LogP contribution in [0, 0.1) is 6.92 Å². The minimum absolute atomic E-state index is 0.0814. The van der Waals surface area contributed by atoms with Gasteiger partial charge in [0, 0.05) is 41.0 Å². The van der Waals surface area contributed by atoms with Gasteiger partial charge in [-0.05, 0) is 55.7 Å². The lowest BCUT2D eigenvalue weighted by Crippen LogP contribution is -2.22. The zero-order chi connectivity index (χ0) is 23.9. The van der Waals surface area contributed by atoms with Gasteiger partial charge in [0.05, 0.1) is 23.8 Å². The molecule has 0 saturated carbocycles. The van der Waals surface area contributed by atoms with Crippen LogP contribution in [0.15, 0.2) is 66.7 Å². The Kier molecular flexibility index (Phi) is 7.65. The van der Waals surface area contributed by atoms with E-state index in [1.165, 1.54) is 5.56 Å². The Balaban J connectivity index is 1.31. The van der Waals surface area contributed by atoms with Gasteiger partial charge in [0.2, 0.25) is 5.91 Å². The fraction of sp³-hybridized carbons (Fsp3) is 0.214. The number of anilines is 1. The van der Waals surface area contributed by atoms with E-state index in [-0.39, 0.29) is 5.91 Å². The van der Waals surface area contributed by atoms with Gasteiger partial charge >= 0.3 is 0 Å². The minimum atomic E-state index is -0.0814. The van der Waals surface area contributed by atoms with E-state index >= 15 is 0 Å². The van der Waals surface area contributed by atoms with Gasteiger partial charge in [0.25, 0.3) is 0 Å². The van der Waals surface area contributed by atoms with Crippen molar-refractivity contribution in [2.45, 2.75) is 19.8 Å². The first-order valence-electron chi connectivity index (χ1n) is 11.4. The number of halogens is 1. The maximum absolute atomic E-state index is 12.0. The number of aryl methyl sites for hydroxylation is 1. The molecule has 0 atom stereocenters. The highest BCUT2D eigenvalue weighted by atomic mass is 35.5. The Bertz CT molecular complexity index is 1330. The van der Waals surface area contributed by atoms with Crippen LogP contribution in [0.1, 0.15) is 24.0 Å². The number of fused-ring (bicyclic) bond motifs is 2. The molecule has 2 N–H and O–H groups in total. The molecule has 6 heteroatoms. The van der Waals surface area contributed by atoms with Gasteiger partial charge in [-0.25, -0.2) is 4.98 Å². The van der Waals surface area contributed by atoms with Crippen molar-refractivity contribution in [2.24, 2.45) is 0 Å². The number of rotatable bonds is 9. The number of amides is 1. The number of carbonyl (C=O) groups is 1. The predicted octanol–water partition coefficient (Wildman–Crippen LogP) is 6.38. The quantitative estimate of drug-likeness (QED) is 0.168. The van der Waals surface area contributed by atoms with E-state index < -0.39 is 0 Å². The molecular weight excluding hydrogens is 446 g/mol. The van der Waals surface area contributed by atoms with Gasteiger partial charge in [-0.1, -0.05) is 47.5 Å². The van der Waals surface area contributed by atoms with Crippen LogP contribution in [0.3, 0.4) is 0 Å². The lowest BCUT2D eigenvalue weighted by atomic mass is 10.1. The second-order valence-corrected chi connectivity index (χ2v) is 8.68. The molecule has 5 nitrogen and oxygen atoms in total. The number of carbonyl (C=O) groups excluding carboxylic acids is 1. The van der Waals surface area contributed by atoms with Gasteiger partial charge in [0.1, 0.15) is 5.75 Å². The second kappa shape index (κ2) is 11.0. The van der Waals surface area contributed by atoms with Crippen molar-refractivity contribution >= 4 is 51.1 Å². The minimum Gasteiger partial charge on any atom is -0.497 e. The SMILES string of the molecule is COc1cc(NCCCCNC(=O)/C=C/c2ccc(C)cc2)c2nc3cc(Cl)ccc3cc2c1. The third-order valence-electron chi connectivity index (χ3n) is 5.61. The molecule has 0 radical (unpaired) electrons. The molecule has 0 unspecified atom stereocenters. The Morgan fingerprint density at radius 3 is 2.59 bits per heavy atom. The summed E-state index contributed by atoms with van der Waals surface area (Å²) in [4.78, 5) is 16.9. The lowest BCUT2D eigenvalue weighted by molar-refractivity contribution is -0.116. The molecule has 1 heterocycles. The normalized spacial score (nSPS) is 11.3. The van der Waals surface area contributed by atoms with E-state index in [1.54, 1.807) is 13.2 Å². The zero-order valence-electron chi connectivity index (χ0n) is 19.4. The van der Waals surface area contributed by atoms with E-state index in [0.29, 0.717) is 11.6 Å². The average molecular weight is 474 g/mol. The topological polar surface area (TPSA) is 63.2 Å². The first-order chi connectivity index (χ1) is 16.5. The Labute approximate surface area is 204 Å². The molecule has 0 aliphatic carbocycles. The highest BCUT2D eigenvalue weighted by Crippen LogP contribution is 2.31. The van der Waals surface area contributed by atoms with Crippen molar-refractivity contribution < 1.29 is 9.53 Å². The molecule has 4 rings (SSSR count). The van der Waals surface area contributed by atoms with Crippen LogP contribution in [0.5, 0.6) is 5.75 Å². The first kappa shape index (κ1) is 23.6. The van der Waals surface area contributed by atoms with Crippen LogP contribution in [-0.2, 0) is 4.79 Å². The van der Waals surface area contributed by atoms with Crippen molar-refractivity contribution in [1.82, 2.24) is 10.3 Å². The number of methoxy groups -OCH3 is 1. The number of nitrogens with zero attached hydrogens (tertiary/aromatic N) is 1. The molecule has 0 saturated heterocycles. The first-order valence-corrected chi connectivity index (χ1v) is 11.7. The number of pyridine rings is 1. The molecule has 0 aliphatic rings. The van der Waals surface area contributed by atoms with Gasteiger partial charge in [-0.3, -0.25) is 4.79 Å². The molecule has 34 heavy (non-hydrogen) atoms. The average Bonchev–Trinajstić information content (AvgIpc) is 2.84. The van der Waals surface area contributed by atoms with Crippen LogP contribution in [0.4, 0.5) is 5.69 Å². The number of hydrogen-bond donors (Lipinski definition) is 2. The Morgan fingerprint density at radius 2 is 1.79 bits per heavy atom. The van der Waals surface area contributed by atoms with E-state index in [9.17, 15) is 4.79 Å². The zero-order valence-corrected chi connectivity index (χ0v) is 20.2. The number of ether oxygens (including phenoxy) is 1. The summed E-state index contributed by atoms with van der Waals surface area (Å²) in [5.41, 5.74) is 4.87. The van der Waals surface area contributed by atoms with Crippen molar-refractivity contribution in [3.05, 3.63) is 82.9 Å². The molecule has 0 fully saturated rings. The predicted molar refractivity (Wildman–Crippen MR) is 142 cm³/mol. The van der Waals surface area contributed by atoms with Crippen LogP contribution < -0.4 is 15.4 Å². The molecule has 174 valence electrons. The number of unbranched alkanes of at least 4 members (excludes halogenated alkanes) is 1. The number of nitrogens with one attached hydrogen (secondary N) is 2. The molecule has 0 aliphatic heterocycles. The molecule has 4 aromatic rings. The standard InChI is InChI=1S/C28H28ClN3O2/c1-19-5-7-20(8-6-19)9-12-27(33)31-14-4-3-13-30-26-18-24(34-2)16-22-15-21-10-11-23(29)17-25(21)32-28(22)26/h5-12,15-18,30H,3-4,13-14H2,1-2H3,(H,31,33)/b12-9+. The molecule has 0 spiro atoms. The summed E-state index contributed by atoms with van der Waals surface area (Å²) in [6.07, 6.45) is 5.17. The number of benzene rings is 3. The van der Waals surface area contributed by atoms with Gasteiger partial charge in [-0.2, -0.15) is 0 Å². The van der Waals surface area contributed by atoms with Gasteiger partial charge < -0.3 is 15.4 Å². The second-order valence-electron chi connectivity index (χ2n) is 8.24. The van der Waals surface area contributed by atoms with Crippen molar-refractivity contribution in [2.75, 3.05) is 25.5 Å². The van der Waals surface area contributed by atoms with Crippen LogP contribution >= 0.6 is 11.6 Å². The van der Waals surface area contributed by atoms with Crippen LogP contribution in [0.25, 0.3) is 27.9 Å². The molecule has 1 amide bonds. The number of hydrogen-bond acceptors (Lipinski definition) is 4. The highest BCUT2D eigenvalue weighted by molar-refractivity contribution is 6.31. The maximum atomic E-state index is 12.0. The largest absolute Gasteiger partial charge is 0.497 e. The van der Waals surface area contributed by atoms with Crippen molar-refractivity contribution in [3.8, 4) is 5.75 Å². The summed E-state index contributed by atoms with van der Waals surface area (Å²) in [7, 11) is 1.66. The van der Waals surface area contributed by atoms with Gasteiger partial charge in [0.15, 0.2) is 0 Å². The van der Waals surface area contributed by atoms with E-state index in [1.807, 2.05) is 67.6 Å². The number of aromatic nitrogens is 1. The van der Waals surface area contributed by atoms with E-state index in [4.69, 9.17) is 21.3 Å². The van der Waals surface area contributed by atoms with Crippen LogP contribution in [0.2, 0.25) is 5.02 Å². The van der Waals surface area contributed by atoms with Crippen molar-refractivity contribution in [3.63, 3.8) is 0 Å². The smallest absolute Gasteiger partial charge is 0.243 e. The summed E-state index contributed by atoms with van der Waals surface area (Å²) in [6.45, 7) is 3.42. The molecule has 3 aromatic carbocycles. The van der Waals surface area contributed by atoms with Gasteiger partial charge in [-0.15, -0.1) is 0 Å². The fourth-order valence-electron chi connectivity index (χ4n) is 3.73. The summed E-state index contributed by atoms with van der Waals surface area (Å²) in [6, 6.07) is 19.8. The summed E-state index contributed by atoms with van der Waals surface area (Å²) in [5, 5.41) is 9.12. The fourth-order valence-corrected chi connectivity index (χ4v) is 3.90. The summed E-state index contributed by atoms with van der Waals surface area (Å²) < 4.78 is 5.48. The third kappa shape index (κ3) is 6.06. The lowest BCUT2D eigenvalue weighted by Gasteiger charge is -2.13. The maximum Gasteiger partial charge on any atom is 0.243 e. The summed E-state index contributed by atoms with van der Waals surface area (Å²) in [5.74, 6) is 0.694. The summed E-state index contributed by atoms with van der Waals surface area (Å²) >= 11 is 6.16. The third-order valence-corrected chi connectivity index (χ3v) is 5.84. The van der Waals surface area contributed by atoms with Crippen LogP contribution in [-0.4, -0.2) is 31.1 Å². The van der Waals surface area contributed by atoms with Crippen molar-refractivity contribution in [1.29, 1.82) is 0 Å². The monoisotopic (exact) mass is 473 g/mol. The van der Waals surface area contributed by atoms with E-state index in [2.05, 4.69) is 16.7 Å². The molecular formula is C28H28ClN3O2. The molecule has 0 bridgehead atoms. The van der Waals surface area contributed by atoms with E-state index in [0.717, 1.165) is 58.2 Å². The molecule has 1 aromatic heterocycles. The Hall–Kier alpha value is -3.57.